The van der Waals surface area contributed by atoms with Crippen molar-refractivity contribution in [1.29, 1.82) is 0 Å². The quantitative estimate of drug-likeness (QED) is 0.462. The number of benzene rings is 1. The van der Waals surface area contributed by atoms with E-state index in [0.29, 0.717) is 5.92 Å². The second-order valence-corrected chi connectivity index (χ2v) is 4.16. The van der Waals surface area contributed by atoms with Gasteiger partial charge in [-0.3, -0.25) is 0 Å². The second-order valence-electron chi connectivity index (χ2n) is 4.16. The predicted molar refractivity (Wildman–Crippen MR) is 70.4 cm³/mol. The Hall–Kier alpha value is -1.46. The molecule has 1 aromatic carbocycles. The lowest BCUT2D eigenvalue weighted by atomic mass is 10.00. The highest BCUT2D eigenvalue weighted by Gasteiger charge is 2.01. The summed E-state index contributed by atoms with van der Waals surface area (Å²) in [6.45, 7) is 5.25. The van der Waals surface area contributed by atoms with Gasteiger partial charge >= 0.3 is 0 Å². The van der Waals surface area contributed by atoms with Crippen LogP contribution < -0.4 is 11.1 Å². The van der Waals surface area contributed by atoms with Crippen LogP contribution in [-0.2, 0) is 0 Å². The predicted octanol–water partition coefficient (Wildman–Crippen LogP) is 2.35. The van der Waals surface area contributed by atoms with E-state index >= 15 is 0 Å². The maximum absolute atomic E-state index is 5.89. The van der Waals surface area contributed by atoms with Gasteiger partial charge in [0.1, 0.15) is 0 Å². The van der Waals surface area contributed by atoms with Crippen molar-refractivity contribution in [2.24, 2.45) is 0 Å². The van der Waals surface area contributed by atoms with Crippen LogP contribution in [0.3, 0.4) is 0 Å². The molecule has 86 valence electrons. The fourth-order valence-corrected chi connectivity index (χ4v) is 1.39. The third-order valence-corrected chi connectivity index (χ3v) is 2.47. The minimum Gasteiger partial charge on any atom is -0.398 e. The summed E-state index contributed by atoms with van der Waals surface area (Å²) in [5, 5.41) is 3.06. The first kappa shape index (κ1) is 12.6. The highest BCUT2D eigenvalue weighted by Crippen LogP contribution is 2.19. The van der Waals surface area contributed by atoms with Crippen LogP contribution >= 0.6 is 0 Å². The molecule has 0 aromatic heterocycles. The van der Waals surface area contributed by atoms with Gasteiger partial charge in [-0.1, -0.05) is 31.8 Å². The highest BCUT2D eigenvalue weighted by molar-refractivity contribution is 5.57. The molecule has 0 amide bonds. The molecule has 0 spiro atoms. The van der Waals surface area contributed by atoms with Crippen LogP contribution in [0, 0.1) is 11.8 Å². The zero-order valence-electron chi connectivity index (χ0n) is 10.3. The van der Waals surface area contributed by atoms with Crippen LogP contribution in [0.4, 0.5) is 5.69 Å². The molecule has 0 saturated carbocycles. The fraction of sp³-hybridized carbons (Fsp3) is 0.429. The van der Waals surface area contributed by atoms with Crippen molar-refractivity contribution in [3.8, 4) is 11.8 Å². The van der Waals surface area contributed by atoms with E-state index in [-0.39, 0.29) is 0 Å². The summed E-state index contributed by atoms with van der Waals surface area (Å²) in [6.07, 6.45) is 0.849. The normalized spacial score (nSPS) is 10.0. The summed E-state index contributed by atoms with van der Waals surface area (Å²) in [7, 11) is 1.93. The van der Waals surface area contributed by atoms with Crippen molar-refractivity contribution >= 4 is 5.69 Å². The summed E-state index contributed by atoms with van der Waals surface area (Å²) in [5.74, 6) is 6.76. The molecule has 0 fully saturated rings. The molecule has 3 N–H and O–H groups in total. The van der Waals surface area contributed by atoms with Crippen molar-refractivity contribution < 1.29 is 0 Å². The molecule has 0 unspecified atom stereocenters. The maximum atomic E-state index is 5.89. The molecule has 0 radical (unpaired) electrons. The van der Waals surface area contributed by atoms with Crippen LogP contribution in [0.1, 0.15) is 37.3 Å². The van der Waals surface area contributed by atoms with Crippen LogP contribution in [-0.4, -0.2) is 13.6 Å². The number of anilines is 1. The van der Waals surface area contributed by atoms with Crippen LogP contribution in [0.2, 0.25) is 0 Å². The van der Waals surface area contributed by atoms with E-state index in [4.69, 9.17) is 5.73 Å². The Morgan fingerprint density at radius 1 is 1.38 bits per heavy atom. The van der Waals surface area contributed by atoms with Gasteiger partial charge in [0.25, 0.3) is 0 Å². The molecule has 0 heterocycles. The summed E-state index contributed by atoms with van der Waals surface area (Å²) in [4.78, 5) is 0. The standard InChI is InChI=1S/C14H20N2/c1-11(2)12-7-8-14(15)13(10-12)6-4-5-9-16-3/h7-8,10-11,16H,5,9,15H2,1-3H3. The number of rotatable bonds is 3. The van der Waals surface area contributed by atoms with Crippen LogP contribution in [0.15, 0.2) is 18.2 Å². The Labute approximate surface area is 98.2 Å². The number of nitrogens with one attached hydrogen (secondary N) is 1. The number of nitrogens with two attached hydrogens (primary N) is 1. The molecule has 0 atom stereocenters. The van der Waals surface area contributed by atoms with Gasteiger partial charge in [-0.2, -0.15) is 0 Å². The van der Waals surface area contributed by atoms with Gasteiger partial charge in [0.15, 0.2) is 0 Å². The van der Waals surface area contributed by atoms with Gasteiger partial charge in [-0.15, -0.1) is 0 Å². The van der Waals surface area contributed by atoms with Crippen LogP contribution in [0.25, 0.3) is 0 Å². The van der Waals surface area contributed by atoms with E-state index in [1.807, 2.05) is 13.1 Å². The van der Waals surface area contributed by atoms with Gasteiger partial charge in [0.05, 0.1) is 0 Å². The Kier molecular flexibility index (Phi) is 4.88. The summed E-state index contributed by atoms with van der Waals surface area (Å²) < 4.78 is 0. The lowest BCUT2D eigenvalue weighted by Gasteiger charge is -2.07. The van der Waals surface area contributed by atoms with Gasteiger partial charge in [0, 0.05) is 24.2 Å². The zero-order chi connectivity index (χ0) is 12.0. The van der Waals surface area contributed by atoms with E-state index in [1.165, 1.54) is 5.56 Å². The summed E-state index contributed by atoms with van der Waals surface area (Å²) >= 11 is 0. The minimum atomic E-state index is 0.512. The molecular weight excluding hydrogens is 196 g/mol. The van der Waals surface area contributed by atoms with Crippen molar-refractivity contribution in [3.05, 3.63) is 29.3 Å². The van der Waals surface area contributed by atoms with Gasteiger partial charge in [-0.25, -0.2) is 0 Å². The Morgan fingerprint density at radius 3 is 2.75 bits per heavy atom. The summed E-state index contributed by atoms with van der Waals surface area (Å²) in [6, 6.07) is 6.10. The van der Waals surface area contributed by atoms with E-state index in [0.717, 1.165) is 24.2 Å². The number of hydrogen-bond donors (Lipinski definition) is 2. The molecule has 0 saturated heterocycles. The van der Waals surface area contributed by atoms with Crippen molar-refractivity contribution in [1.82, 2.24) is 5.32 Å². The average Bonchev–Trinajstić information content (AvgIpc) is 2.26. The van der Waals surface area contributed by atoms with Crippen molar-refractivity contribution in [2.45, 2.75) is 26.2 Å². The smallest absolute Gasteiger partial charge is 0.0477 e. The molecular formula is C14H20N2. The minimum absolute atomic E-state index is 0.512. The average molecular weight is 216 g/mol. The Bertz CT molecular complexity index is 397. The lowest BCUT2D eigenvalue weighted by molar-refractivity contribution is 0.818. The second kappa shape index (κ2) is 6.19. The third-order valence-electron chi connectivity index (χ3n) is 2.47. The molecule has 2 heteroatoms. The van der Waals surface area contributed by atoms with Crippen LogP contribution in [0.5, 0.6) is 0 Å². The zero-order valence-corrected chi connectivity index (χ0v) is 10.3. The van der Waals surface area contributed by atoms with E-state index < -0.39 is 0 Å². The molecule has 16 heavy (non-hydrogen) atoms. The summed E-state index contributed by atoms with van der Waals surface area (Å²) in [5.41, 5.74) is 8.88. The fourth-order valence-electron chi connectivity index (χ4n) is 1.39. The van der Waals surface area contributed by atoms with E-state index in [9.17, 15) is 0 Å². The molecule has 0 aliphatic carbocycles. The molecule has 0 aliphatic rings. The number of hydrogen-bond acceptors (Lipinski definition) is 2. The topological polar surface area (TPSA) is 38.0 Å². The molecule has 1 aromatic rings. The van der Waals surface area contributed by atoms with Crippen molar-refractivity contribution in [3.63, 3.8) is 0 Å². The van der Waals surface area contributed by atoms with Crippen molar-refractivity contribution in [2.75, 3.05) is 19.3 Å². The van der Waals surface area contributed by atoms with E-state index in [2.05, 4.69) is 43.1 Å². The maximum Gasteiger partial charge on any atom is 0.0477 e. The number of nitrogen functional groups attached to an aromatic ring is 1. The lowest BCUT2D eigenvalue weighted by Crippen LogP contribution is -2.05. The van der Waals surface area contributed by atoms with E-state index in [1.54, 1.807) is 0 Å². The SMILES string of the molecule is CNCCC#Cc1cc(C(C)C)ccc1N. The third kappa shape index (κ3) is 3.60. The Balaban J connectivity index is 2.84. The monoisotopic (exact) mass is 216 g/mol. The molecule has 2 nitrogen and oxygen atoms in total. The molecule has 0 aliphatic heterocycles. The van der Waals surface area contributed by atoms with Gasteiger partial charge in [-0.05, 0) is 30.7 Å². The molecule has 1 rings (SSSR count). The molecule has 0 bridgehead atoms. The largest absolute Gasteiger partial charge is 0.398 e. The first-order chi connectivity index (χ1) is 7.65. The van der Waals surface area contributed by atoms with Gasteiger partial charge in [0.2, 0.25) is 0 Å². The first-order valence-corrected chi connectivity index (χ1v) is 5.68. The first-order valence-electron chi connectivity index (χ1n) is 5.68. The van der Waals surface area contributed by atoms with Gasteiger partial charge < -0.3 is 11.1 Å². The Morgan fingerprint density at radius 2 is 2.12 bits per heavy atom. The highest BCUT2D eigenvalue weighted by atomic mass is 14.8.